The molecule has 4 aliphatic carbocycles. The van der Waals surface area contributed by atoms with Gasteiger partial charge in [-0.25, -0.2) is 14.8 Å². The highest BCUT2D eigenvalue weighted by molar-refractivity contribution is 7.22. The van der Waals surface area contributed by atoms with Gasteiger partial charge in [-0.15, -0.1) is 10.2 Å². The number of aliphatic hydroxyl groups is 1. The van der Waals surface area contributed by atoms with E-state index in [0.29, 0.717) is 30.4 Å². The zero-order chi connectivity index (χ0) is 38.3. The zero-order valence-electron chi connectivity index (χ0n) is 32.7. The molecule has 1 aliphatic heterocycles. The second kappa shape index (κ2) is 13.1. The first kappa shape index (κ1) is 36.2. The van der Waals surface area contributed by atoms with E-state index in [1.54, 1.807) is 11.3 Å². The summed E-state index contributed by atoms with van der Waals surface area (Å²) in [5, 5.41) is 28.1. The number of aliphatic hydroxyl groups excluding tert-OH is 1. The molecule has 2 atom stereocenters. The average molecular weight is 763 g/mol. The summed E-state index contributed by atoms with van der Waals surface area (Å²) >= 11 is 1.60. The Morgan fingerprint density at radius 2 is 1.78 bits per heavy atom. The summed E-state index contributed by atoms with van der Waals surface area (Å²) in [5.41, 5.74) is 7.28. The number of thiazole rings is 1. The van der Waals surface area contributed by atoms with Gasteiger partial charge < -0.3 is 24.8 Å². The monoisotopic (exact) mass is 762 g/mol. The summed E-state index contributed by atoms with van der Waals surface area (Å²) in [6.45, 7) is 13.0. The van der Waals surface area contributed by atoms with Crippen molar-refractivity contribution in [2.75, 3.05) is 37.1 Å². The minimum absolute atomic E-state index is 0.0404. The molecule has 0 radical (unpaired) electrons. The van der Waals surface area contributed by atoms with Crippen LogP contribution in [0.4, 0.5) is 22.6 Å². The molecule has 13 heteroatoms. The van der Waals surface area contributed by atoms with E-state index < -0.39 is 5.97 Å². The van der Waals surface area contributed by atoms with Crippen molar-refractivity contribution >= 4 is 50.1 Å². The first-order valence-electron chi connectivity index (χ1n) is 19.5. The second-order valence-corrected chi connectivity index (χ2v) is 18.7. The summed E-state index contributed by atoms with van der Waals surface area (Å²) in [4.78, 5) is 25.3. The molecule has 4 fully saturated rings. The van der Waals surface area contributed by atoms with Crippen molar-refractivity contribution in [1.82, 2.24) is 29.9 Å². The predicted molar refractivity (Wildman–Crippen MR) is 213 cm³/mol. The van der Waals surface area contributed by atoms with Gasteiger partial charge in [0.25, 0.3) is 0 Å². The summed E-state index contributed by atoms with van der Waals surface area (Å²) < 4.78 is 15.1. The van der Waals surface area contributed by atoms with E-state index in [1.165, 1.54) is 19.1 Å². The highest BCUT2D eigenvalue weighted by Crippen LogP contribution is 2.72. The number of anilines is 4. The molecule has 10 rings (SSSR count). The van der Waals surface area contributed by atoms with Crippen molar-refractivity contribution in [2.45, 2.75) is 98.1 Å². The maximum Gasteiger partial charge on any atom is 0.357 e. The van der Waals surface area contributed by atoms with Gasteiger partial charge in [-0.3, -0.25) is 4.68 Å². The standard InChI is InChI=1S/C42H50N8O4S/c1-25-9-11-32-31(16-25)44-38(55-32)46-35-26(2)28-8-7-13-49(36(28)48-47-35)33-12-10-29(34(45-33)37(52)53-6)30-17-43-50(27(30)3)24-41-19-39(4)18-40(5,20-41)22-42(21-39,23-41)54-15-14-51/h9-12,16-17,51H,7-8,13-15,18-24H2,1-6H3,(H,44,46,47). The Morgan fingerprint density at radius 3 is 2.55 bits per heavy atom. The summed E-state index contributed by atoms with van der Waals surface area (Å²) in [7, 11) is 1.39. The Morgan fingerprint density at radius 1 is 0.982 bits per heavy atom. The van der Waals surface area contributed by atoms with Gasteiger partial charge in [-0.1, -0.05) is 31.3 Å². The van der Waals surface area contributed by atoms with E-state index in [2.05, 4.69) is 72.8 Å². The zero-order valence-corrected chi connectivity index (χ0v) is 33.5. The van der Waals surface area contributed by atoms with Crippen molar-refractivity contribution < 1.29 is 19.4 Å². The van der Waals surface area contributed by atoms with Gasteiger partial charge in [-0.05, 0) is 118 Å². The highest BCUT2D eigenvalue weighted by atomic mass is 32.1. The van der Waals surface area contributed by atoms with Crippen molar-refractivity contribution in [3.63, 3.8) is 0 Å². The first-order valence-corrected chi connectivity index (χ1v) is 20.3. The number of aromatic nitrogens is 6. The van der Waals surface area contributed by atoms with Gasteiger partial charge in [0.05, 0.1) is 42.3 Å². The Hall–Kier alpha value is -4.46. The van der Waals surface area contributed by atoms with Crippen molar-refractivity contribution in [3.8, 4) is 11.1 Å². The van der Waals surface area contributed by atoms with Crippen LogP contribution in [0.2, 0.25) is 0 Å². The van der Waals surface area contributed by atoms with E-state index in [4.69, 9.17) is 29.6 Å². The van der Waals surface area contributed by atoms with Crippen LogP contribution in [0.1, 0.15) is 91.7 Å². The lowest BCUT2D eigenvalue weighted by atomic mass is 9.39. The Labute approximate surface area is 325 Å². The third-order valence-corrected chi connectivity index (χ3v) is 13.7. The molecule has 0 spiro atoms. The Bertz CT molecular complexity index is 2320. The van der Waals surface area contributed by atoms with Crippen LogP contribution < -0.4 is 10.2 Å². The van der Waals surface area contributed by atoms with Crippen LogP contribution in [0.5, 0.6) is 0 Å². The molecule has 0 amide bonds. The Balaban J connectivity index is 1.01. The fraction of sp³-hybridized carbons (Fsp3) is 0.524. The Kier molecular flexibility index (Phi) is 8.59. The molecule has 288 valence electrons. The maximum absolute atomic E-state index is 13.5. The lowest BCUT2D eigenvalue weighted by Crippen LogP contribution is -2.64. The van der Waals surface area contributed by atoms with Gasteiger partial charge in [0.1, 0.15) is 5.82 Å². The van der Waals surface area contributed by atoms with Crippen molar-refractivity contribution in [3.05, 3.63) is 64.6 Å². The van der Waals surface area contributed by atoms with Crippen LogP contribution in [-0.2, 0) is 22.4 Å². The molecule has 5 aromatic rings. The quantitative estimate of drug-likeness (QED) is 0.134. The lowest BCUT2D eigenvalue weighted by Gasteiger charge is -2.69. The largest absolute Gasteiger partial charge is 0.464 e. The molecule has 4 bridgehead atoms. The molecule has 0 saturated heterocycles. The SMILES string of the molecule is COC(=O)c1nc(N2CCCc3c2nnc(Nc2nc4cc(C)ccc4s2)c3C)ccc1-c1cnn(CC23CC4(C)CC(C)(C2)CC(OCCO)(C4)C3)c1C. The highest BCUT2D eigenvalue weighted by Gasteiger charge is 2.66. The minimum Gasteiger partial charge on any atom is -0.464 e. The van der Waals surface area contributed by atoms with E-state index >= 15 is 0 Å². The van der Waals surface area contributed by atoms with Crippen LogP contribution in [0.25, 0.3) is 21.3 Å². The van der Waals surface area contributed by atoms with Gasteiger partial charge in [0.15, 0.2) is 22.5 Å². The summed E-state index contributed by atoms with van der Waals surface area (Å²) in [5.74, 6) is 1.55. The number of fused-ring (bicyclic) bond motifs is 2. The molecule has 5 aliphatic rings. The van der Waals surface area contributed by atoms with E-state index in [0.717, 1.165) is 95.0 Å². The number of carbonyl (C=O) groups excluding carboxylic acids is 1. The van der Waals surface area contributed by atoms with E-state index in [9.17, 15) is 9.90 Å². The molecule has 2 N–H and O–H groups in total. The van der Waals surface area contributed by atoms with Gasteiger partial charge in [-0.2, -0.15) is 5.10 Å². The number of ether oxygens (including phenoxy) is 2. The topological polar surface area (TPSA) is 140 Å². The van der Waals surface area contributed by atoms with E-state index in [1.807, 2.05) is 18.3 Å². The molecule has 55 heavy (non-hydrogen) atoms. The number of carbonyl (C=O) groups is 1. The molecule has 12 nitrogen and oxygen atoms in total. The number of hydrogen-bond donors (Lipinski definition) is 2. The van der Waals surface area contributed by atoms with Gasteiger partial charge in [0, 0.05) is 41.0 Å². The molecule has 2 unspecified atom stereocenters. The molecular weight excluding hydrogens is 713 g/mol. The predicted octanol–water partition coefficient (Wildman–Crippen LogP) is 8.01. The second-order valence-electron chi connectivity index (χ2n) is 17.6. The summed E-state index contributed by atoms with van der Waals surface area (Å²) in [6.07, 6.45) is 10.2. The molecule has 1 aromatic carbocycles. The average Bonchev–Trinajstić information content (AvgIpc) is 3.70. The third-order valence-electron chi connectivity index (χ3n) is 12.7. The minimum atomic E-state index is -0.501. The van der Waals surface area contributed by atoms with Crippen LogP contribution in [0, 0.1) is 37.0 Å². The molecule has 4 saturated carbocycles. The number of nitrogens with zero attached hydrogens (tertiary/aromatic N) is 7. The number of pyridine rings is 1. The maximum atomic E-state index is 13.5. The van der Waals surface area contributed by atoms with Crippen LogP contribution in [0.15, 0.2) is 36.5 Å². The summed E-state index contributed by atoms with van der Waals surface area (Å²) in [6, 6.07) is 10.2. The number of nitrogens with one attached hydrogen (secondary N) is 1. The number of benzene rings is 1. The van der Waals surface area contributed by atoms with E-state index in [-0.39, 0.29) is 34.1 Å². The number of hydrogen-bond acceptors (Lipinski definition) is 12. The fourth-order valence-corrected chi connectivity index (χ4v) is 12.6. The smallest absolute Gasteiger partial charge is 0.357 e. The van der Waals surface area contributed by atoms with Gasteiger partial charge in [0.2, 0.25) is 0 Å². The number of aryl methyl sites for hydroxylation is 1. The van der Waals surface area contributed by atoms with Crippen molar-refractivity contribution in [1.29, 1.82) is 0 Å². The van der Waals surface area contributed by atoms with Crippen molar-refractivity contribution in [2.24, 2.45) is 16.2 Å². The van der Waals surface area contributed by atoms with Crippen LogP contribution >= 0.6 is 11.3 Å². The number of methoxy groups -OCH3 is 1. The van der Waals surface area contributed by atoms with Gasteiger partial charge >= 0.3 is 5.97 Å². The van der Waals surface area contributed by atoms with Crippen LogP contribution in [0.3, 0.4) is 0 Å². The first-order chi connectivity index (χ1) is 26.3. The number of rotatable bonds is 10. The molecule has 5 heterocycles. The molecular formula is C42H50N8O4S. The third kappa shape index (κ3) is 6.28. The number of esters is 1. The normalized spacial score (nSPS) is 26.8. The molecule has 4 aromatic heterocycles. The fourth-order valence-electron chi connectivity index (χ4n) is 11.8. The lowest BCUT2D eigenvalue weighted by molar-refractivity contribution is -0.250. The van der Waals surface area contributed by atoms with Crippen LogP contribution in [-0.4, -0.2) is 73.5 Å².